The molecule has 38 heavy (non-hydrogen) atoms. The van der Waals surface area contributed by atoms with Crippen molar-refractivity contribution in [2.75, 3.05) is 41.0 Å². The monoisotopic (exact) mass is 543 g/mol. The number of rotatable bonds is 10. The molecule has 1 saturated heterocycles. The van der Waals surface area contributed by atoms with Crippen LogP contribution in [0.2, 0.25) is 0 Å². The molecule has 0 atom stereocenters. The second kappa shape index (κ2) is 12.9. The Morgan fingerprint density at radius 3 is 1.95 bits per heavy atom. The number of hydrogen-bond donors (Lipinski definition) is 1. The Morgan fingerprint density at radius 1 is 0.868 bits per heavy atom. The molecule has 1 heterocycles. The van der Waals surface area contributed by atoms with Crippen molar-refractivity contribution in [3.8, 4) is 23.0 Å². The standard InChI is InChI=1S/C32H49NO4S/c1-31(2,3)25-19-22(20-26(28(25)34)32(4,5)6)11-10-16-33-17-14-24(15-18-33)38-21-23-12-13-27(35-7)30(37-9)29(23)36-8/h12-13,19-20,24,34H,10-11,14-18,21H2,1-9H3. The molecule has 0 amide bonds. The van der Waals surface area contributed by atoms with Gasteiger partial charge in [0.25, 0.3) is 0 Å². The largest absolute Gasteiger partial charge is 0.507 e. The van der Waals surface area contributed by atoms with Crippen LogP contribution in [0.25, 0.3) is 0 Å². The van der Waals surface area contributed by atoms with E-state index in [1.54, 1.807) is 21.3 Å². The van der Waals surface area contributed by atoms with Crippen LogP contribution in [0.3, 0.4) is 0 Å². The quantitative estimate of drug-likeness (QED) is 0.338. The van der Waals surface area contributed by atoms with Gasteiger partial charge in [-0.05, 0) is 78.9 Å². The summed E-state index contributed by atoms with van der Waals surface area (Å²) in [5, 5.41) is 11.7. The van der Waals surface area contributed by atoms with Crippen molar-refractivity contribution < 1.29 is 19.3 Å². The zero-order valence-corrected chi connectivity index (χ0v) is 25.9. The highest BCUT2D eigenvalue weighted by atomic mass is 32.2. The van der Waals surface area contributed by atoms with E-state index in [9.17, 15) is 5.11 Å². The van der Waals surface area contributed by atoms with E-state index in [4.69, 9.17) is 14.2 Å². The zero-order chi connectivity index (χ0) is 28.1. The summed E-state index contributed by atoms with van der Waals surface area (Å²) in [5.41, 5.74) is 4.44. The number of piperidine rings is 1. The van der Waals surface area contributed by atoms with Gasteiger partial charge in [-0.25, -0.2) is 0 Å². The summed E-state index contributed by atoms with van der Waals surface area (Å²) >= 11 is 2.02. The first kappa shape index (κ1) is 30.5. The van der Waals surface area contributed by atoms with Crippen LogP contribution in [0.15, 0.2) is 24.3 Å². The molecule has 2 aromatic rings. The highest BCUT2D eigenvalue weighted by Gasteiger charge is 2.27. The molecule has 6 heteroatoms. The van der Waals surface area contributed by atoms with Crippen molar-refractivity contribution in [1.82, 2.24) is 4.90 Å². The van der Waals surface area contributed by atoms with Gasteiger partial charge in [0, 0.05) is 16.6 Å². The van der Waals surface area contributed by atoms with E-state index < -0.39 is 0 Å². The van der Waals surface area contributed by atoms with Crippen LogP contribution < -0.4 is 14.2 Å². The minimum Gasteiger partial charge on any atom is -0.507 e. The van der Waals surface area contributed by atoms with Gasteiger partial charge in [-0.1, -0.05) is 59.7 Å². The lowest BCUT2D eigenvalue weighted by molar-refractivity contribution is 0.230. The van der Waals surface area contributed by atoms with Crippen molar-refractivity contribution >= 4 is 11.8 Å². The fourth-order valence-electron chi connectivity index (χ4n) is 5.27. The predicted molar refractivity (Wildman–Crippen MR) is 161 cm³/mol. The number of phenols is 1. The highest BCUT2D eigenvalue weighted by molar-refractivity contribution is 7.99. The molecule has 212 valence electrons. The van der Waals surface area contributed by atoms with Crippen LogP contribution in [-0.2, 0) is 23.0 Å². The minimum atomic E-state index is -0.0827. The predicted octanol–water partition coefficient (Wildman–Crippen LogP) is 7.34. The SMILES string of the molecule is COc1ccc(CSC2CCN(CCCc3cc(C(C)(C)C)c(O)c(C(C)(C)C)c3)CC2)c(OC)c1OC. The summed E-state index contributed by atoms with van der Waals surface area (Å²) in [6, 6.07) is 8.51. The first-order valence-corrected chi connectivity index (χ1v) is 14.9. The Kier molecular flexibility index (Phi) is 10.3. The van der Waals surface area contributed by atoms with E-state index in [-0.39, 0.29) is 10.8 Å². The number of nitrogens with zero attached hydrogens (tertiary/aromatic N) is 1. The molecule has 1 N–H and O–H groups in total. The normalized spacial score (nSPS) is 15.5. The Hall–Kier alpha value is -2.05. The van der Waals surface area contributed by atoms with Crippen molar-refractivity contribution in [2.45, 2.75) is 89.1 Å². The molecular weight excluding hydrogens is 494 g/mol. The molecule has 0 bridgehead atoms. The lowest BCUT2D eigenvalue weighted by Crippen LogP contribution is -2.35. The number of methoxy groups -OCH3 is 3. The average molecular weight is 544 g/mol. The third-order valence-corrected chi connectivity index (χ3v) is 8.94. The smallest absolute Gasteiger partial charge is 0.203 e. The van der Waals surface area contributed by atoms with Crippen LogP contribution in [-0.4, -0.2) is 56.2 Å². The lowest BCUT2D eigenvalue weighted by Gasteiger charge is -2.32. The summed E-state index contributed by atoms with van der Waals surface area (Å²) in [6.45, 7) is 16.5. The van der Waals surface area contributed by atoms with E-state index in [0.29, 0.717) is 22.5 Å². The van der Waals surface area contributed by atoms with Gasteiger partial charge in [0.05, 0.1) is 21.3 Å². The molecule has 2 aromatic carbocycles. The first-order valence-electron chi connectivity index (χ1n) is 13.9. The summed E-state index contributed by atoms with van der Waals surface area (Å²) in [5.74, 6) is 3.51. The lowest BCUT2D eigenvalue weighted by atomic mass is 9.78. The van der Waals surface area contributed by atoms with Gasteiger partial charge in [0.15, 0.2) is 11.5 Å². The third kappa shape index (κ3) is 7.53. The molecule has 0 unspecified atom stereocenters. The van der Waals surface area contributed by atoms with Crippen LogP contribution >= 0.6 is 11.8 Å². The maximum atomic E-state index is 11.0. The molecule has 0 aliphatic carbocycles. The number of thioether (sulfide) groups is 1. The molecular formula is C32H49NO4S. The molecule has 3 rings (SSSR count). The second-order valence-corrected chi connectivity index (χ2v) is 13.8. The molecule has 1 aliphatic heterocycles. The van der Waals surface area contributed by atoms with E-state index in [0.717, 1.165) is 60.7 Å². The maximum Gasteiger partial charge on any atom is 0.203 e. The van der Waals surface area contributed by atoms with Gasteiger partial charge < -0.3 is 24.2 Å². The molecule has 0 saturated carbocycles. The number of phenolic OH excluding ortho intramolecular Hbond substituents is 1. The Bertz CT molecular complexity index is 1030. The van der Waals surface area contributed by atoms with Gasteiger partial charge in [-0.3, -0.25) is 0 Å². The summed E-state index contributed by atoms with van der Waals surface area (Å²) in [7, 11) is 4.99. The van der Waals surface area contributed by atoms with Crippen molar-refractivity contribution in [1.29, 1.82) is 0 Å². The fourth-order valence-corrected chi connectivity index (χ4v) is 6.46. The molecule has 0 radical (unpaired) electrons. The maximum absolute atomic E-state index is 11.0. The number of aromatic hydroxyl groups is 1. The van der Waals surface area contributed by atoms with Gasteiger partial charge in [0.1, 0.15) is 5.75 Å². The topological polar surface area (TPSA) is 51.2 Å². The van der Waals surface area contributed by atoms with Gasteiger partial charge >= 0.3 is 0 Å². The van der Waals surface area contributed by atoms with E-state index in [1.165, 1.54) is 18.4 Å². The molecule has 1 aliphatic rings. The number of ether oxygens (including phenoxy) is 3. The van der Waals surface area contributed by atoms with E-state index in [1.807, 2.05) is 17.8 Å². The number of hydrogen-bond acceptors (Lipinski definition) is 6. The summed E-state index contributed by atoms with van der Waals surface area (Å²) in [6.07, 6.45) is 4.60. The molecule has 5 nitrogen and oxygen atoms in total. The summed E-state index contributed by atoms with van der Waals surface area (Å²) < 4.78 is 16.6. The van der Waals surface area contributed by atoms with Crippen LogP contribution in [0.1, 0.15) is 83.1 Å². The minimum absolute atomic E-state index is 0.0827. The number of aryl methyl sites for hydroxylation is 1. The Labute approximate surface area is 235 Å². The summed E-state index contributed by atoms with van der Waals surface area (Å²) in [4.78, 5) is 2.61. The third-order valence-electron chi connectivity index (χ3n) is 7.52. The fraction of sp³-hybridized carbons (Fsp3) is 0.625. The molecule has 0 spiro atoms. The average Bonchev–Trinajstić information content (AvgIpc) is 2.86. The first-order chi connectivity index (χ1) is 17.9. The van der Waals surface area contributed by atoms with Crippen molar-refractivity contribution in [2.24, 2.45) is 0 Å². The second-order valence-electron chi connectivity index (χ2n) is 12.5. The number of likely N-dealkylation sites (tertiary alicyclic amines) is 1. The van der Waals surface area contributed by atoms with Crippen LogP contribution in [0.5, 0.6) is 23.0 Å². The van der Waals surface area contributed by atoms with E-state index >= 15 is 0 Å². The zero-order valence-electron chi connectivity index (χ0n) is 25.1. The van der Waals surface area contributed by atoms with Gasteiger partial charge in [-0.15, -0.1) is 0 Å². The van der Waals surface area contributed by atoms with Crippen LogP contribution in [0.4, 0.5) is 0 Å². The van der Waals surface area contributed by atoms with Crippen LogP contribution in [0, 0.1) is 0 Å². The van der Waals surface area contributed by atoms with Gasteiger partial charge in [-0.2, -0.15) is 11.8 Å². The van der Waals surface area contributed by atoms with Gasteiger partial charge in [0.2, 0.25) is 5.75 Å². The Morgan fingerprint density at radius 2 is 1.45 bits per heavy atom. The van der Waals surface area contributed by atoms with Crippen molar-refractivity contribution in [3.05, 3.63) is 46.5 Å². The molecule has 1 fully saturated rings. The Balaban J connectivity index is 1.52. The molecule has 0 aromatic heterocycles. The number of benzene rings is 2. The highest BCUT2D eigenvalue weighted by Crippen LogP contribution is 2.42. The van der Waals surface area contributed by atoms with Crippen molar-refractivity contribution in [3.63, 3.8) is 0 Å². The van der Waals surface area contributed by atoms with E-state index in [2.05, 4.69) is 64.6 Å².